The standard InChI is InChI=1S/C13H23N5/c1-14-5-2-3-8-17-9-11-18(12-10-17)13-15-6-4-7-16-13/h4,6-7,14H,2-3,5,8-12H2,1H3. The lowest BCUT2D eigenvalue weighted by molar-refractivity contribution is 0.252. The van der Waals surface area contributed by atoms with E-state index in [2.05, 4.69) is 25.1 Å². The van der Waals surface area contributed by atoms with Gasteiger partial charge >= 0.3 is 0 Å². The zero-order chi connectivity index (χ0) is 12.6. The van der Waals surface area contributed by atoms with Crippen LogP contribution < -0.4 is 10.2 Å². The van der Waals surface area contributed by atoms with Crippen molar-refractivity contribution in [2.45, 2.75) is 12.8 Å². The molecule has 0 spiro atoms. The van der Waals surface area contributed by atoms with Crippen molar-refractivity contribution in [3.63, 3.8) is 0 Å². The molecule has 2 heterocycles. The Morgan fingerprint density at radius 3 is 2.50 bits per heavy atom. The van der Waals surface area contributed by atoms with Crippen LogP contribution in [0.25, 0.3) is 0 Å². The Bertz CT molecular complexity index is 321. The average molecular weight is 249 g/mol. The van der Waals surface area contributed by atoms with E-state index >= 15 is 0 Å². The van der Waals surface area contributed by atoms with Crippen LogP contribution in [0.15, 0.2) is 18.5 Å². The molecule has 1 saturated heterocycles. The summed E-state index contributed by atoms with van der Waals surface area (Å²) in [7, 11) is 2.01. The van der Waals surface area contributed by atoms with Gasteiger partial charge in [-0.2, -0.15) is 0 Å². The predicted molar refractivity (Wildman–Crippen MR) is 73.8 cm³/mol. The van der Waals surface area contributed by atoms with Gasteiger partial charge in [0.15, 0.2) is 0 Å². The molecular formula is C13H23N5. The number of rotatable bonds is 6. The number of piperazine rings is 1. The van der Waals surface area contributed by atoms with E-state index in [1.807, 2.05) is 25.5 Å². The number of nitrogens with one attached hydrogen (secondary N) is 1. The van der Waals surface area contributed by atoms with Gasteiger partial charge in [0.2, 0.25) is 5.95 Å². The molecule has 0 radical (unpaired) electrons. The molecule has 0 aromatic carbocycles. The first-order valence-corrected chi connectivity index (χ1v) is 6.79. The summed E-state index contributed by atoms with van der Waals surface area (Å²) in [5, 5.41) is 3.19. The van der Waals surface area contributed by atoms with Crippen LogP contribution in [-0.2, 0) is 0 Å². The van der Waals surface area contributed by atoms with Gasteiger partial charge in [-0.15, -0.1) is 0 Å². The molecule has 18 heavy (non-hydrogen) atoms. The first kappa shape index (κ1) is 13.2. The summed E-state index contributed by atoms with van der Waals surface area (Å²) in [6, 6.07) is 1.86. The Hall–Kier alpha value is -1.20. The van der Waals surface area contributed by atoms with Gasteiger partial charge in [-0.1, -0.05) is 0 Å². The van der Waals surface area contributed by atoms with Crippen molar-refractivity contribution in [3.05, 3.63) is 18.5 Å². The number of anilines is 1. The monoisotopic (exact) mass is 249 g/mol. The molecule has 0 unspecified atom stereocenters. The molecule has 2 rings (SSSR count). The third kappa shape index (κ3) is 3.92. The molecule has 1 aliphatic heterocycles. The van der Waals surface area contributed by atoms with Crippen molar-refractivity contribution >= 4 is 5.95 Å². The van der Waals surface area contributed by atoms with E-state index < -0.39 is 0 Å². The normalized spacial score (nSPS) is 17.1. The number of hydrogen-bond acceptors (Lipinski definition) is 5. The fourth-order valence-electron chi connectivity index (χ4n) is 2.26. The molecule has 5 heteroatoms. The highest BCUT2D eigenvalue weighted by Crippen LogP contribution is 2.09. The Kier molecular flexibility index (Phi) is 5.36. The lowest BCUT2D eigenvalue weighted by Gasteiger charge is -2.34. The predicted octanol–water partition coefficient (Wildman–Crippen LogP) is 0.598. The maximum absolute atomic E-state index is 4.30. The maximum atomic E-state index is 4.30. The van der Waals surface area contributed by atoms with Crippen LogP contribution >= 0.6 is 0 Å². The molecule has 0 saturated carbocycles. The highest BCUT2D eigenvalue weighted by molar-refractivity contribution is 5.29. The second-order valence-electron chi connectivity index (χ2n) is 4.69. The van der Waals surface area contributed by atoms with Crippen molar-refractivity contribution in [3.8, 4) is 0 Å². The molecule has 1 N–H and O–H groups in total. The second-order valence-corrected chi connectivity index (χ2v) is 4.69. The average Bonchev–Trinajstić information content (AvgIpc) is 2.45. The van der Waals surface area contributed by atoms with Crippen molar-refractivity contribution in [2.24, 2.45) is 0 Å². The van der Waals surface area contributed by atoms with Crippen LogP contribution in [0, 0.1) is 0 Å². The SMILES string of the molecule is CNCCCCN1CCN(c2ncccn2)CC1. The minimum absolute atomic E-state index is 0.868. The van der Waals surface area contributed by atoms with Crippen LogP contribution in [0.2, 0.25) is 0 Å². The molecule has 1 fully saturated rings. The summed E-state index contributed by atoms with van der Waals surface area (Å²) in [6.07, 6.45) is 6.17. The molecular weight excluding hydrogens is 226 g/mol. The molecule has 0 amide bonds. The maximum Gasteiger partial charge on any atom is 0.225 e. The Morgan fingerprint density at radius 2 is 1.83 bits per heavy atom. The fraction of sp³-hybridized carbons (Fsp3) is 0.692. The largest absolute Gasteiger partial charge is 0.338 e. The van der Waals surface area contributed by atoms with Crippen molar-refractivity contribution < 1.29 is 0 Å². The summed E-state index contributed by atoms with van der Waals surface area (Å²) >= 11 is 0. The van der Waals surface area contributed by atoms with E-state index in [4.69, 9.17) is 0 Å². The minimum Gasteiger partial charge on any atom is -0.338 e. The van der Waals surface area contributed by atoms with Gasteiger partial charge in [0.1, 0.15) is 0 Å². The van der Waals surface area contributed by atoms with E-state index in [0.717, 1.165) is 38.7 Å². The smallest absolute Gasteiger partial charge is 0.225 e. The van der Waals surface area contributed by atoms with E-state index in [-0.39, 0.29) is 0 Å². The zero-order valence-electron chi connectivity index (χ0n) is 11.2. The fourth-order valence-corrected chi connectivity index (χ4v) is 2.26. The van der Waals surface area contributed by atoms with E-state index in [0.29, 0.717) is 0 Å². The summed E-state index contributed by atoms with van der Waals surface area (Å²) in [5.41, 5.74) is 0. The number of hydrogen-bond donors (Lipinski definition) is 1. The minimum atomic E-state index is 0.868. The topological polar surface area (TPSA) is 44.3 Å². The molecule has 1 aromatic heterocycles. The highest BCUT2D eigenvalue weighted by atomic mass is 15.3. The number of nitrogens with zero attached hydrogens (tertiary/aromatic N) is 4. The van der Waals surface area contributed by atoms with Gasteiger partial charge < -0.3 is 10.2 Å². The van der Waals surface area contributed by atoms with Gasteiger partial charge in [-0.3, -0.25) is 4.90 Å². The van der Waals surface area contributed by atoms with Gasteiger partial charge in [0.25, 0.3) is 0 Å². The number of aromatic nitrogens is 2. The van der Waals surface area contributed by atoms with Crippen LogP contribution in [0.4, 0.5) is 5.95 Å². The summed E-state index contributed by atoms with van der Waals surface area (Å²) < 4.78 is 0. The molecule has 1 aliphatic rings. The highest BCUT2D eigenvalue weighted by Gasteiger charge is 2.17. The lowest BCUT2D eigenvalue weighted by Crippen LogP contribution is -2.47. The van der Waals surface area contributed by atoms with Crippen LogP contribution in [0.5, 0.6) is 0 Å². The zero-order valence-corrected chi connectivity index (χ0v) is 11.2. The second kappa shape index (κ2) is 7.28. The van der Waals surface area contributed by atoms with Crippen LogP contribution in [0.1, 0.15) is 12.8 Å². The first-order valence-electron chi connectivity index (χ1n) is 6.79. The number of unbranched alkanes of at least 4 members (excludes halogenated alkanes) is 1. The van der Waals surface area contributed by atoms with Gasteiger partial charge in [-0.05, 0) is 39.0 Å². The summed E-state index contributed by atoms with van der Waals surface area (Å²) in [4.78, 5) is 13.4. The van der Waals surface area contributed by atoms with Crippen molar-refractivity contribution in [2.75, 3.05) is 51.2 Å². The molecule has 1 aromatic rings. The van der Waals surface area contributed by atoms with Crippen molar-refractivity contribution in [1.82, 2.24) is 20.2 Å². The molecule has 0 atom stereocenters. The summed E-state index contributed by atoms with van der Waals surface area (Å²) in [5.74, 6) is 0.868. The van der Waals surface area contributed by atoms with Gasteiger partial charge in [-0.25, -0.2) is 9.97 Å². The molecule has 100 valence electrons. The van der Waals surface area contributed by atoms with E-state index in [1.165, 1.54) is 19.4 Å². The Morgan fingerprint density at radius 1 is 1.11 bits per heavy atom. The first-order chi connectivity index (χ1) is 8.90. The summed E-state index contributed by atoms with van der Waals surface area (Å²) in [6.45, 7) is 6.66. The third-order valence-corrected chi connectivity index (χ3v) is 3.36. The van der Waals surface area contributed by atoms with E-state index in [9.17, 15) is 0 Å². The Balaban J connectivity index is 1.68. The molecule has 5 nitrogen and oxygen atoms in total. The Labute approximate surface area is 109 Å². The van der Waals surface area contributed by atoms with Gasteiger partial charge in [0, 0.05) is 38.6 Å². The molecule has 0 aliphatic carbocycles. The van der Waals surface area contributed by atoms with E-state index in [1.54, 1.807) is 0 Å². The van der Waals surface area contributed by atoms with Crippen LogP contribution in [-0.4, -0.2) is 61.2 Å². The quantitative estimate of drug-likeness (QED) is 0.748. The third-order valence-electron chi connectivity index (χ3n) is 3.36. The van der Waals surface area contributed by atoms with Crippen molar-refractivity contribution in [1.29, 1.82) is 0 Å². The van der Waals surface area contributed by atoms with Gasteiger partial charge in [0.05, 0.1) is 0 Å². The van der Waals surface area contributed by atoms with Crippen LogP contribution in [0.3, 0.4) is 0 Å². The lowest BCUT2D eigenvalue weighted by atomic mass is 10.2. The molecule has 0 bridgehead atoms.